The van der Waals surface area contributed by atoms with E-state index in [0.29, 0.717) is 17.6 Å². The summed E-state index contributed by atoms with van der Waals surface area (Å²) in [6, 6.07) is 12.1. The molecule has 0 spiro atoms. The highest BCUT2D eigenvalue weighted by molar-refractivity contribution is 5.95. The molecule has 7 heteroatoms. The molecule has 0 bridgehead atoms. The Kier molecular flexibility index (Phi) is 5.83. The van der Waals surface area contributed by atoms with Crippen molar-refractivity contribution in [3.63, 3.8) is 0 Å². The molecule has 2 aromatic carbocycles. The quantitative estimate of drug-likeness (QED) is 0.787. The molecule has 0 saturated carbocycles. The van der Waals surface area contributed by atoms with Crippen molar-refractivity contribution in [2.45, 2.75) is 19.6 Å². The summed E-state index contributed by atoms with van der Waals surface area (Å²) in [5, 5.41) is 2.48. The molecule has 1 amide bonds. The Bertz CT molecular complexity index is 704. The lowest BCUT2D eigenvalue weighted by Gasteiger charge is -2.16. The normalized spacial score (nSPS) is 11.7. The summed E-state index contributed by atoms with van der Waals surface area (Å²) in [5.41, 5.74) is 0.604. The van der Waals surface area contributed by atoms with E-state index >= 15 is 0 Å². The maximum atomic E-state index is 12.4. The number of ether oxygens (including phenoxy) is 2. The minimum Gasteiger partial charge on any atom is -0.481 e. The van der Waals surface area contributed by atoms with Crippen molar-refractivity contribution < 1.29 is 27.8 Å². The number of rotatable bonds is 7. The summed E-state index contributed by atoms with van der Waals surface area (Å²) < 4.78 is 34.5. The molecule has 24 heavy (non-hydrogen) atoms. The molecule has 2 rings (SSSR count). The average molecular weight is 335 g/mol. The Morgan fingerprint density at radius 3 is 2.38 bits per heavy atom. The van der Waals surface area contributed by atoms with Gasteiger partial charge in [0.2, 0.25) is 0 Å². The van der Waals surface area contributed by atoms with Crippen LogP contribution in [0, 0.1) is 0 Å². The maximum absolute atomic E-state index is 12.4. The van der Waals surface area contributed by atoms with Gasteiger partial charge in [-0.2, -0.15) is 8.78 Å². The molecule has 0 aromatic heterocycles. The molecule has 0 heterocycles. The molecule has 0 aliphatic carbocycles. The Morgan fingerprint density at radius 1 is 1.08 bits per heavy atom. The summed E-state index contributed by atoms with van der Waals surface area (Å²) in [6.07, 6.45) is -0.188. The number of anilines is 1. The molecular formula is C17H15F2NO4. The minimum atomic E-state index is -2.99. The third-order valence-corrected chi connectivity index (χ3v) is 3.06. The van der Waals surface area contributed by atoms with Gasteiger partial charge in [-0.3, -0.25) is 9.59 Å². The number of alkyl halides is 2. The van der Waals surface area contributed by atoms with Crippen molar-refractivity contribution in [3.05, 3.63) is 54.1 Å². The third-order valence-electron chi connectivity index (χ3n) is 3.06. The number of carbonyl (C=O) groups excluding carboxylic acids is 2. The van der Waals surface area contributed by atoms with Gasteiger partial charge in [-0.15, -0.1) is 0 Å². The number of hydrogen-bond acceptors (Lipinski definition) is 4. The monoisotopic (exact) mass is 335 g/mol. The van der Waals surface area contributed by atoms with Crippen molar-refractivity contribution in [2.75, 3.05) is 5.32 Å². The van der Waals surface area contributed by atoms with Crippen LogP contribution in [0.3, 0.4) is 0 Å². The Morgan fingerprint density at radius 2 is 1.75 bits per heavy atom. The Balaban J connectivity index is 2.02. The van der Waals surface area contributed by atoms with Crippen molar-refractivity contribution in [2.24, 2.45) is 0 Å². The van der Waals surface area contributed by atoms with Gasteiger partial charge in [-0.05, 0) is 43.3 Å². The van der Waals surface area contributed by atoms with Gasteiger partial charge in [0, 0.05) is 5.56 Å². The topological polar surface area (TPSA) is 64.6 Å². The van der Waals surface area contributed by atoms with E-state index in [2.05, 4.69) is 10.1 Å². The molecule has 0 radical (unpaired) electrons. The van der Waals surface area contributed by atoms with Gasteiger partial charge in [0.15, 0.2) is 6.10 Å². The summed E-state index contributed by atoms with van der Waals surface area (Å²) in [6.45, 7) is -1.48. The lowest BCUT2D eigenvalue weighted by molar-refractivity contribution is -0.122. The summed E-state index contributed by atoms with van der Waals surface area (Å²) in [4.78, 5) is 22.7. The second-order valence-corrected chi connectivity index (χ2v) is 4.81. The summed E-state index contributed by atoms with van der Waals surface area (Å²) >= 11 is 0. The van der Waals surface area contributed by atoms with Crippen LogP contribution in [0.4, 0.5) is 14.5 Å². The zero-order valence-electron chi connectivity index (χ0n) is 12.7. The van der Waals surface area contributed by atoms with Crippen LogP contribution >= 0.6 is 0 Å². The first-order chi connectivity index (χ1) is 11.5. The first kappa shape index (κ1) is 17.4. The van der Waals surface area contributed by atoms with E-state index < -0.39 is 18.6 Å². The van der Waals surface area contributed by atoms with Crippen molar-refractivity contribution >= 4 is 17.9 Å². The standard InChI is InChI=1S/C17H15F2NO4/c1-11(23-13-8-6-12(10-21)7-9-13)16(22)20-14-4-2-3-5-15(14)24-17(18)19/h2-11,17H,1H3,(H,20,22). The highest BCUT2D eigenvalue weighted by Gasteiger charge is 2.17. The zero-order valence-corrected chi connectivity index (χ0v) is 12.7. The first-order valence-electron chi connectivity index (χ1n) is 7.06. The molecule has 0 fully saturated rings. The van der Waals surface area contributed by atoms with Gasteiger partial charge < -0.3 is 14.8 Å². The van der Waals surface area contributed by atoms with Crippen LogP contribution in [0.1, 0.15) is 17.3 Å². The number of benzene rings is 2. The minimum absolute atomic E-state index is 0.120. The Labute approximate surface area is 137 Å². The molecule has 0 saturated heterocycles. The fourth-order valence-electron chi connectivity index (χ4n) is 1.89. The maximum Gasteiger partial charge on any atom is 0.387 e. The van der Waals surface area contributed by atoms with Crippen molar-refractivity contribution in [1.29, 1.82) is 0 Å². The van der Waals surface area contributed by atoms with E-state index in [9.17, 15) is 18.4 Å². The van der Waals surface area contributed by atoms with Crippen LogP contribution in [-0.2, 0) is 4.79 Å². The van der Waals surface area contributed by atoms with Gasteiger partial charge >= 0.3 is 6.61 Å². The first-order valence-corrected chi connectivity index (χ1v) is 7.06. The van der Waals surface area contributed by atoms with Crippen molar-refractivity contribution in [1.82, 2.24) is 0 Å². The molecule has 0 aliphatic rings. The summed E-state index contributed by atoms with van der Waals surface area (Å²) in [5.74, 6) is -0.261. The summed E-state index contributed by atoms with van der Waals surface area (Å²) in [7, 11) is 0. The lowest BCUT2D eigenvalue weighted by atomic mass is 10.2. The second-order valence-electron chi connectivity index (χ2n) is 4.81. The van der Waals surface area contributed by atoms with Crippen LogP contribution < -0.4 is 14.8 Å². The molecule has 1 N–H and O–H groups in total. The molecule has 2 aromatic rings. The SMILES string of the molecule is CC(Oc1ccc(C=O)cc1)C(=O)Nc1ccccc1OC(F)F. The van der Waals surface area contributed by atoms with Gasteiger partial charge in [-0.1, -0.05) is 12.1 Å². The van der Waals surface area contributed by atoms with Crippen LogP contribution in [0.25, 0.3) is 0 Å². The fourth-order valence-corrected chi connectivity index (χ4v) is 1.89. The number of amides is 1. The zero-order chi connectivity index (χ0) is 17.5. The second kappa shape index (κ2) is 8.05. The number of hydrogen-bond donors (Lipinski definition) is 1. The van der Waals surface area contributed by atoms with E-state index in [0.717, 1.165) is 0 Å². The Hall–Kier alpha value is -2.96. The third kappa shape index (κ3) is 4.77. The predicted octanol–water partition coefficient (Wildman–Crippen LogP) is 3.51. The number of aldehydes is 1. The fraction of sp³-hybridized carbons (Fsp3) is 0.176. The highest BCUT2D eigenvalue weighted by atomic mass is 19.3. The predicted molar refractivity (Wildman–Crippen MR) is 83.6 cm³/mol. The van der Waals surface area contributed by atoms with E-state index in [1.54, 1.807) is 30.3 Å². The highest BCUT2D eigenvalue weighted by Crippen LogP contribution is 2.25. The van der Waals surface area contributed by atoms with Crippen LogP contribution in [-0.4, -0.2) is 24.9 Å². The molecule has 1 unspecified atom stereocenters. The number of para-hydroxylation sites is 2. The largest absolute Gasteiger partial charge is 0.481 e. The van der Waals surface area contributed by atoms with E-state index in [-0.39, 0.29) is 11.4 Å². The van der Waals surface area contributed by atoms with Crippen LogP contribution in [0.5, 0.6) is 11.5 Å². The van der Waals surface area contributed by atoms with Gasteiger partial charge in [-0.25, -0.2) is 0 Å². The van der Waals surface area contributed by atoms with Gasteiger partial charge in [0.05, 0.1) is 5.69 Å². The molecule has 126 valence electrons. The van der Waals surface area contributed by atoms with Gasteiger partial charge in [0.1, 0.15) is 17.8 Å². The lowest BCUT2D eigenvalue weighted by Crippen LogP contribution is -2.30. The van der Waals surface area contributed by atoms with Crippen LogP contribution in [0.2, 0.25) is 0 Å². The van der Waals surface area contributed by atoms with E-state index in [1.165, 1.54) is 25.1 Å². The van der Waals surface area contributed by atoms with Gasteiger partial charge in [0.25, 0.3) is 5.91 Å². The average Bonchev–Trinajstić information content (AvgIpc) is 2.56. The van der Waals surface area contributed by atoms with E-state index in [1.807, 2.05) is 0 Å². The number of carbonyl (C=O) groups is 2. The molecular weight excluding hydrogens is 320 g/mol. The number of halogens is 2. The van der Waals surface area contributed by atoms with Crippen molar-refractivity contribution in [3.8, 4) is 11.5 Å². The molecule has 1 atom stereocenters. The smallest absolute Gasteiger partial charge is 0.387 e. The van der Waals surface area contributed by atoms with Crippen LogP contribution in [0.15, 0.2) is 48.5 Å². The number of nitrogens with one attached hydrogen (secondary N) is 1. The van der Waals surface area contributed by atoms with E-state index in [4.69, 9.17) is 4.74 Å². The molecule has 5 nitrogen and oxygen atoms in total. The molecule has 0 aliphatic heterocycles.